The highest BCUT2D eigenvalue weighted by Gasteiger charge is 1.93. The second kappa shape index (κ2) is 2.37. The maximum absolute atomic E-state index is 5.51. The molecule has 0 saturated carbocycles. The van der Waals surface area contributed by atoms with Crippen molar-refractivity contribution >= 4 is 22.9 Å². The van der Waals surface area contributed by atoms with Crippen LogP contribution in [0.15, 0.2) is 6.07 Å². The zero-order valence-electron chi connectivity index (χ0n) is 4.27. The molecule has 0 aromatic carbocycles. The van der Waals surface area contributed by atoms with Crippen molar-refractivity contribution in [1.82, 2.24) is 0 Å². The lowest BCUT2D eigenvalue weighted by molar-refractivity contribution is 0.427. The lowest BCUT2D eigenvalue weighted by Gasteiger charge is -1.86. The van der Waals surface area contributed by atoms with Crippen molar-refractivity contribution in [2.75, 3.05) is 7.11 Å². The van der Waals surface area contributed by atoms with Crippen molar-refractivity contribution in [3.05, 3.63) is 16.5 Å². The van der Waals surface area contributed by atoms with Crippen molar-refractivity contribution in [1.29, 1.82) is 0 Å². The van der Waals surface area contributed by atoms with Crippen LogP contribution < -0.4 is 4.74 Å². The molecule has 0 aliphatic rings. The Hall–Kier alpha value is -0.210. The molecule has 1 radical (unpaired) electrons. The Bertz CT molecular complexity index is 173. The SMILES string of the molecule is COc1cc(Cl)[c]s1. The third kappa shape index (κ3) is 1.14. The van der Waals surface area contributed by atoms with Crippen molar-refractivity contribution in [3.8, 4) is 5.06 Å². The maximum atomic E-state index is 5.51. The van der Waals surface area contributed by atoms with Crippen LogP contribution in [0.1, 0.15) is 0 Å². The van der Waals surface area contributed by atoms with Crippen LogP contribution in [0.4, 0.5) is 0 Å². The van der Waals surface area contributed by atoms with E-state index in [9.17, 15) is 0 Å². The van der Waals surface area contributed by atoms with Crippen LogP contribution >= 0.6 is 22.9 Å². The Labute approximate surface area is 56.9 Å². The number of hydrogen-bond acceptors (Lipinski definition) is 2. The third-order valence-corrected chi connectivity index (χ3v) is 1.82. The minimum atomic E-state index is 0.617. The minimum absolute atomic E-state index is 0.617. The summed E-state index contributed by atoms with van der Waals surface area (Å²) < 4.78 is 4.84. The number of thiophene rings is 1. The van der Waals surface area contributed by atoms with Crippen LogP contribution in [0.3, 0.4) is 0 Å². The van der Waals surface area contributed by atoms with Crippen LogP contribution in [-0.2, 0) is 0 Å². The van der Waals surface area contributed by atoms with Gasteiger partial charge < -0.3 is 4.74 Å². The number of hydrogen-bond donors (Lipinski definition) is 0. The molecule has 1 nitrogen and oxygen atoms in total. The monoisotopic (exact) mass is 147 g/mol. The van der Waals surface area contributed by atoms with E-state index in [2.05, 4.69) is 5.38 Å². The average Bonchev–Trinajstić information content (AvgIpc) is 2.14. The van der Waals surface area contributed by atoms with Crippen LogP contribution in [-0.4, -0.2) is 7.11 Å². The summed E-state index contributed by atoms with van der Waals surface area (Å²) >= 11 is 6.88. The molecule has 0 saturated heterocycles. The molecule has 1 heterocycles. The number of halogens is 1. The molecular weight excluding hydrogens is 144 g/mol. The lowest BCUT2D eigenvalue weighted by Crippen LogP contribution is -1.73. The van der Waals surface area contributed by atoms with Crippen molar-refractivity contribution in [3.63, 3.8) is 0 Å². The van der Waals surface area contributed by atoms with Gasteiger partial charge in [-0.1, -0.05) is 22.9 Å². The van der Waals surface area contributed by atoms with E-state index < -0.39 is 0 Å². The van der Waals surface area contributed by atoms with Gasteiger partial charge in [0, 0.05) is 6.07 Å². The Morgan fingerprint density at radius 2 is 2.62 bits per heavy atom. The van der Waals surface area contributed by atoms with Gasteiger partial charge in [0.25, 0.3) is 0 Å². The van der Waals surface area contributed by atoms with Gasteiger partial charge in [0.05, 0.1) is 17.5 Å². The quantitative estimate of drug-likeness (QED) is 0.592. The first-order chi connectivity index (χ1) is 3.83. The Kier molecular flexibility index (Phi) is 1.76. The second-order valence-electron chi connectivity index (χ2n) is 1.22. The van der Waals surface area contributed by atoms with E-state index in [0.717, 1.165) is 5.06 Å². The predicted molar refractivity (Wildman–Crippen MR) is 34.7 cm³/mol. The zero-order valence-corrected chi connectivity index (χ0v) is 5.84. The summed E-state index contributed by atoms with van der Waals surface area (Å²) in [5, 5.41) is 4.22. The van der Waals surface area contributed by atoms with E-state index in [1.165, 1.54) is 11.3 Å². The van der Waals surface area contributed by atoms with Gasteiger partial charge >= 0.3 is 0 Å². The van der Waals surface area contributed by atoms with Gasteiger partial charge in [-0.3, -0.25) is 0 Å². The first kappa shape index (κ1) is 5.92. The molecule has 0 bridgehead atoms. The van der Waals surface area contributed by atoms with Crippen molar-refractivity contribution < 1.29 is 4.74 Å². The molecule has 1 aromatic heterocycles. The molecule has 43 valence electrons. The molecule has 1 rings (SSSR count). The smallest absolute Gasteiger partial charge is 0.175 e. The van der Waals surface area contributed by atoms with Crippen LogP contribution in [0, 0.1) is 5.38 Å². The molecule has 0 aliphatic heterocycles. The summed E-state index contributed by atoms with van der Waals surface area (Å²) in [7, 11) is 1.61. The van der Waals surface area contributed by atoms with Crippen LogP contribution in [0.5, 0.6) is 5.06 Å². The molecule has 0 atom stereocenters. The molecule has 0 unspecified atom stereocenters. The molecule has 0 aliphatic carbocycles. The fourth-order valence-corrected chi connectivity index (χ4v) is 1.16. The normalized spacial score (nSPS) is 9.25. The first-order valence-corrected chi connectivity index (χ1v) is 3.23. The standard InChI is InChI=1S/C5H4ClOS/c1-7-5-2-4(6)3-8-5/h2H,1H3. The summed E-state index contributed by atoms with van der Waals surface area (Å²) in [6.07, 6.45) is 0. The molecule has 1 aromatic rings. The largest absolute Gasteiger partial charge is 0.487 e. The van der Waals surface area contributed by atoms with Gasteiger partial charge in [0.1, 0.15) is 0 Å². The molecule has 0 N–H and O–H groups in total. The second-order valence-corrected chi connectivity index (χ2v) is 2.44. The fraction of sp³-hybridized carbons (Fsp3) is 0.200. The number of ether oxygens (including phenoxy) is 1. The lowest BCUT2D eigenvalue weighted by atomic mass is 10.6. The Balaban J connectivity index is 2.84. The van der Waals surface area contributed by atoms with E-state index in [0.29, 0.717) is 5.02 Å². The van der Waals surface area contributed by atoms with E-state index in [-0.39, 0.29) is 0 Å². The topological polar surface area (TPSA) is 9.23 Å². The van der Waals surface area contributed by atoms with Crippen LogP contribution in [0.2, 0.25) is 5.02 Å². The Morgan fingerprint density at radius 3 is 2.88 bits per heavy atom. The predicted octanol–water partition coefficient (Wildman–Crippen LogP) is 2.21. The number of rotatable bonds is 1. The van der Waals surface area contributed by atoms with Gasteiger partial charge in [-0.15, -0.1) is 0 Å². The van der Waals surface area contributed by atoms with E-state index in [1.54, 1.807) is 13.2 Å². The highest BCUT2D eigenvalue weighted by molar-refractivity contribution is 7.11. The fourth-order valence-electron chi connectivity index (χ4n) is 0.362. The van der Waals surface area contributed by atoms with Gasteiger partial charge in [-0.2, -0.15) is 0 Å². The van der Waals surface area contributed by atoms with E-state index >= 15 is 0 Å². The zero-order chi connectivity index (χ0) is 5.98. The molecule has 0 fully saturated rings. The highest BCUT2D eigenvalue weighted by atomic mass is 35.5. The van der Waals surface area contributed by atoms with E-state index in [4.69, 9.17) is 16.3 Å². The molecular formula is C5H4ClOS. The van der Waals surface area contributed by atoms with Crippen molar-refractivity contribution in [2.24, 2.45) is 0 Å². The average molecular weight is 148 g/mol. The summed E-state index contributed by atoms with van der Waals surface area (Å²) in [6.45, 7) is 0. The highest BCUT2D eigenvalue weighted by Crippen LogP contribution is 2.24. The van der Waals surface area contributed by atoms with Crippen molar-refractivity contribution in [2.45, 2.75) is 0 Å². The molecule has 8 heavy (non-hydrogen) atoms. The third-order valence-electron chi connectivity index (χ3n) is 0.695. The van der Waals surface area contributed by atoms with Crippen LogP contribution in [0.25, 0.3) is 0 Å². The first-order valence-electron chi connectivity index (χ1n) is 2.04. The van der Waals surface area contributed by atoms with E-state index in [1.807, 2.05) is 0 Å². The molecule has 0 amide bonds. The van der Waals surface area contributed by atoms with Gasteiger partial charge in [0.2, 0.25) is 0 Å². The van der Waals surface area contributed by atoms with Gasteiger partial charge in [-0.05, 0) is 0 Å². The summed E-state index contributed by atoms with van der Waals surface area (Å²) in [5.74, 6) is 0. The molecule has 3 heteroatoms. The van der Waals surface area contributed by atoms with Gasteiger partial charge in [0.15, 0.2) is 5.06 Å². The summed E-state index contributed by atoms with van der Waals surface area (Å²) in [5.41, 5.74) is 0. The summed E-state index contributed by atoms with van der Waals surface area (Å²) in [6, 6.07) is 1.73. The maximum Gasteiger partial charge on any atom is 0.175 e. The number of methoxy groups -OCH3 is 1. The van der Waals surface area contributed by atoms with Gasteiger partial charge in [-0.25, -0.2) is 0 Å². The summed E-state index contributed by atoms with van der Waals surface area (Å²) in [4.78, 5) is 0. The Morgan fingerprint density at radius 1 is 1.88 bits per heavy atom. The molecule has 0 spiro atoms. The minimum Gasteiger partial charge on any atom is -0.487 e.